The Morgan fingerprint density at radius 1 is 1.22 bits per heavy atom. The van der Waals surface area contributed by atoms with Gasteiger partial charge in [-0.3, -0.25) is 0 Å². The summed E-state index contributed by atoms with van der Waals surface area (Å²) >= 11 is 0. The van der Waals surface area contributed by atoms with Crippen molar-refractivity contribution in [2.75, 3.05) is 0 Å². The molecule has 0 aliphatic heterocycles. The van der Waals surface area contributed by atoms with Gasteiger partial charge in [-0.1, -0.05) is 30.8 Å². The summed E-state index contributed by atoms with van der Waals surface area (Å²) in [6.07, 6.45) is 10.0. The maximum Gasteiger partial charge on any atom is 0.133 e. The van der Waals surface area contributed by atoms with Crippen molar-refractivity contribution in [3.05, 3.63) is 17.5 Å². The molecule has 0 radical (unpaired) electrons. The van der Waals surface area contributed by atoms with Crippen molar-refractivity contribution in [1.29, 1.82) is 0 Å². The second kappa shape index (κ2) is 5.43. The van der Waals surface area contributed by atoms with Crippen LogP contribution in [0, 0.1) is 18.8 Å². The van der Waals surface area contributed by atoms with Crippen molar-refractivity contribution in [2.24, 2.45) is 11.8 Å². The van der Waals surface area contributed by atoms with Crippen LogP contribution in [0.15, 0.2) is 10.6 Å². The fourth-order valence-corrected chi connectivity index (χ4v) is 3.81. The number of nitrogens with one attached hydrogen (secondary N) is 1. The normalized spacial score (nSPS) is 32.2. The van der Waals surface area contributed by atoms with Crippen LogP contribution in [0.4, 0.5) is 0 Å². The molecule has 0 bridgehead atoms. The molecule has 3 atom stereocenters. The fourth-order valence-electron chi connectivity index (χ4n) is 3.81. The minimum absolute atomic E-state index is 0.696. The molecule has 2 fully saturated rings. The Hall–Kier alpha value is -0.830. The Morgan fingerprint density at radius 3 is 2.83 bits per heavy atom. The highest BCUT2D eigenvalue weighted by Crippen LogP contribution is 2.40. The van der Waals surface area contributed by atoms with Gasteiger partial charge in [0, 0.05) is 18.7 Å². The average Bonchev–Trinajstić information content (AvgIpc) is 2.82. The zero-order chi connectivity index (χ0) is 12.4. The SMILES string of the molecule is Cc1cc(CNC2CCC3CCCCC3C2)no1. The molecule has 2 saturated carbocycles. The van der Waals surface area contributed by atoms with Crippen LogP contribution in [-0.4, -0.2) is 11.2 Å². The minimum atomic E-state index is 0.696. The van der Waals surface area contributed by atoms with Gasteiger partial charge in [-0.15, -0.1) is 0 Å². The summed E-state index contributed by atoms with van der Waals surface area (Å²) in [4.78, 5) is 0. The van der Waals surface area contributed by atoms with E-state index in [2.05, 4.69) is 10.5 Å². The molecule has 0 amide bonds. The maximum absolute atomic E-state index is 5.10. The topological polar surface area (TPSA) is 38.1 Å². The molecule has 2 aliphatic rings. The van der Waals surface area contributed by atoms with Gasteiger partial charge >= 0.3 is 0 Å². The monoisotopic (exact) mass is 248 g/mol. The highest BCUT2D eigenvalue weighted by Gasteiger charge is 2.31. The van der Waals surface area contributed by atoms with E-state index in [4.69, 9.17) is 4.52 Å². The van der Waals surface area contributed by atoms with E-state index in [9.17, 15) is 0 Å². The van der Waals surface area contributed by atoms with E-state index in [-0.39, 0.29) is 0 Å². The molecule has 0 spiro atoms. The van der Waals surface area contributed by atoms with Crippen LogP contribution in [-0.2, 0) is 6.54 Å². The van der Waals surface area contributed by atoms with Crippen LogP contribution in [0.5, 0.6) is 0 Å². The van der Waals surface area contributed by atoms with Crippen LogP contribution in [0.1, 0.15) is 56.4 Å². The van der Waals surface area contributed by atoms with E-state index >= 15 is 0 Å². The molecule has 100 valence electrons. The molecule has 1 heterocycles. The van der Waals surface area contributed by atoms with Gasteiger partial charge in [-0.05, 0) is 38.0 Å². The predicted molar refractivity (Wildman–Crippen MR) is 71.2 cm³/mol. The van der Waals surface area contributed by atoms with E-state index in [0.717, 1.165) is 29.8 Å². The molecule has 1 N–H and O–H groups in total. The predicted octanol–water partition coefficient (Wildman–Crippen LogP) is 3.43. The maximum atomic E-state index is 5.10. The third-order valence-electron chi connectivity index (χ3n) is 4.79. The first-order valence-corrected chi connectivity index (χ1v) is 7.47. The molecule has 0 aromatic carbocycles. The number of hydrogen-bond acceptors (Lipinski definition) is 3. The fraction of sp³-hybridized carbons (Fsp3) is 0.800. The highest BCUT2D eigenvalue weighted by atomic mass is 16.5. The molecule has 0 saturated heterocycles. The van der Waals surface area contributed by atoms with Gasteiger partial charge in [0.05, 0.1) is 5.69 Å². The molecule has 1 aromatic heterocycles. The number of rotatable bonds is 3. The molecule has 3 nitrogen and oxygen atoms in total. The summed E-state index contributed by atoms with van der Waals surface area (Å²) in [5, 5.41) is 7.71. The number of aromatic nitrogens is 1. The van der Waals surface area contributed by atoms with E-state index in [1.54, 1.807) is 0 Å². The molecule has 3 unspecified atom stereocenters. The van der Waals surface area contributed by atoms with Crippen molar-refractivity contribution in [3.8, 4) is 0 Å². The third-order valence-corrected chi connectivity index (χ3v) is 4.79. The van der Waals surface area contributed by atoms with Gasteiger partial charge < -0.3 is 9.84 Å². The second-order valence-electron chi connectivity index (χ2n) is 6.12. The lowest BCUT2D eigenvalue weighted by atomic mass is 9.69. The summed E-state index contributed by atoms with van der Waals surface area (Å²) in [6, 6.07) is 2.72. The first-order valence-electron chi connectivity index (χ1n) is 7.47. The first-order chi connectivity index (χ1) is 8.81. The van der Waals surface area contributed by atoms with Crippen molar-refractivity contribution in [3.63, 3.8) is 0 Å². The van der Waals surface area contributed by atoms with Gasteiger partial charge in [0.15, 0.2) is 0 Å². The summed E-state index contributed by atoms with van der Waals surface area (Å²) < 4.78 is 5.10. The van der Waals surface area contributed by atoms with E-state index in [1.807, 2.05) is 13.0 Å². The van der Waals surface area contributed by atoms with Gasteiger partial charge in [-0.25, -0.2) is 0 Å². The molecule has 3 rings (SSSR count). The van der Waals surface area contributed by atoms with Crippen molar-refractivity contribution < 1.29 is 4.52 Å². The molecule has 18 heavy (non-hydrogen) atoms. The quantitative estimate of drug-likeness (QED) is 0.890. The van der Waals surface area contributed by atoms with Gasteiger partial charge in [-0.2, -0.15) is 0 Å². The molecule has 2 aliphatic carbocycles. The Morgan fingerprint density at radius 2 is 2.06 bits per heavy atom. The lowest BCUT2D eigenvalue weighted by Gasteiger charge is -2.39. The average molecular weight is 248 g/mol. The van der Waals surface area contributed by atoms with Gasteiger partial charge in [0.2, 0.25) is 0 Å². The second-order valence-corrected chi connectivity index (χ2v) is 6.12. The Labute approximate surface area is 109 Å². The summed E-state index contributed by atoms with van der Waals surface area (Å²) in [5.74, 6) is 2.93. The smallest absolute Gasteiger partial charge is 0.133 e. The lowest BCUT2D eigenvalue weighted by Crippen LogP contribution is -2.38. The summed E-state index contributed by atoms with van der Waals surface area (Å²) in [7, 11) is 0. The minimum Gasteiger partial charge on any atom is -0.361 e. The molecule has 3 heteroatoms. The Bertz CT molecular complexity index is 388. The van der Waals surface area contributed by atoms with Crippen molar-refractivity contribution >= 4 is 0 Å². The molecular weight excluding hydrogens is 224 g/mol. The third kappa shape index (κ3) is 2.77. The number of nitrogens with zero attached hydrogens (tertiary/aromatic N) is 1. The number of aryl methyl sites for hydroxylation is 1. The largest absolute Gasteiger partial charge is 0.361 e. The summed E-state index contributed by atoms with van der Waals surface area (Å²) in [6.45, 7) is 2.81. The zero-order valence-corrected chi connectivity index (χ0v) is 11.3. The van der Waals surface area contributed by atoms with Crippen LogP contribution in [0.2, 0.25) is 0 Å². The number of hydrogen-bond donors (Lipinski definition) is 1. The van der Waals surface area contributed by atoms with Crippen molar-refractivity contribution in [1.82, 2.24) is 10.5 Å². The van der Waals surface area contributed by atoms with Crippen molar-refractivity contribution in [2.45, 2.75) is 64.5 Å². The van der Waals surface area contributed by atoms with Crippen LogP contribution < -0.4 is 5.32 Å². The summed E-state index contributed by atoms with van der Waals surface area (Å²) in [5.41, 5.74) is 1.04. The van der Waals surface area contributed by atoms with E-state index < -0.39 is 0 Å². The van der Waals surface area contributed by atoms with Crippen LogP contribution in [0.25, 0.3) is 0 Å². The Balaban J connectivity index is 1.49. The molecular formula is C15H24N2O. The zero-order valence-electron chi connectivity index (χ0n) is 11.3. The number of fused-ring (bicyclic) bond motifs is 1. The van der Waals surface area contributed by atoms with Gasteiger partial charge in [0.1, 0.15) is 5.76 Å². The standard InChI is InChI=1S/C15H24N2O/c1-11-8-15(17-18-11)10-16-14-7-6-12-4-2-3-5-13(12)9-14/h8,12-14,16H,2-7,9-10H2,1H3. The van der Waals surface area contributed by atoms with E-state index in [1.165, 1.54) is 44.9 Å². The van der Waals surface area contributed by atoms with Crippen LogP contribution in [0.3, 0.4) is 0 Å². The Kier molecular flexibility index (Phi) is 3.69. The highest BCUT2D eigenvalue weighted by molar-refractivity contribution is 5.03. The lowest BCUT2D eigenvalue weighted by molar-refractivity contribution is 0.143. The first kappa shape index (κ1) is 12.2. The van der Waals surface area contributed by atoms with E-state index in [0.29, 0.717) is 6.04 Å². The molecule has 1 aromatic rings. The van der Waals surface area contributed by atoms with Gasteiger partial charge in [0.25, 0.3) is 0 Å². The van der Waals surface area contributed by atoms with Crippen LogP contribution >= 0.6 is 0 Å².